The Morgan fingerprint density at radius 3 is 2.85 bits per heavy atom. The molecule has 1 aromatic carbocycles. The summed E-state index contributed by atoms with van der Waals surface area (Å²) in [5, 5.41) is 9.24. The third-order valence-corrected chi connectivity index (χ3v) is 2.59. The molecule has 0 atom stereocenters. The predicted molar refractivity (Wildman–Crippen MR) is 45.7 cm³/mol. The summed E-state index contributed by atoms with van der Waals surface area (Å²) in [6.07, 6.45) is 0.713. The molecule has 2 nitrogen and oxygen atoms in total. The third-order valence-electron chi connectivity index (χ3n) is 2.18. The van der Waals surface area contributed by atoms with Gasteiger partial charge in [0.05, 0.1) is 10.6 Å². The summed E-state index contributed by atoms with van der Waals surface area (Å²) in [7, 11) is 0. The Balaban J connectivity index is 2.76. The number of fused-ring (bicyclic) bond motifs is 1. The summed E-state index contributed by atoms with van der Waals surface area (Å²) in [6, 6.07) is 0.879. The zero-order valence-electron chi connectivity index (χ0n) is 6.60. The van der Waals surface area contributed by atoms with Crippen LogP contribution in [0, 0.1) is 5.82 Å². The molecule has 68 valence electrons. The van der Waals surface area contributed by atoms with E-state index in [1.807, 2.05) is 0 Å². The molecule has 13 heavy (non-hydrogen) atoms. The highest BCUT2D eigenvalue weighted by Crippen LogP contribution is 2.36. The molecule has 0 aliphatic heterocycles. The number of hydrogen-bond acceptors (Lipinski definition) is 2. The van der Waals surface area contributed by atoms with Crippen molar-refractivity contribution < 1.29 is 14.3 Å². The highest BCUT2D eigenvalue weighted by molar-refractivity contribution is 6.32. The van der Waals surface area contributed by atoms with Gasteiger partial charge in [-0.2, -0.15) is 0 Å². The van der Waals surface area contributed by atoms with Crippen molar-refractivity contribution in [2.45, 2.75) is 12.8 Å². The molecule has 0 fully saturated rings. The second-order valence-electron chi connectivity index (χ2n) is 2.97. The van der Waals surface area contributed by atoms with Gasteiger partial charge in [0.1, 0.15) is 11.6 Å². The second-order valence-corrected chi connectivity index (χ2v) is 3.35. The topological polar surface area (TPSA) is 37.3 Å². The number of ketones is 1. The molecule has 0 bridgehead atoms. The molecule has 0 unspecified atom stereocenters. The van der Waals surface area contributed by atoms with E-state index in [1.165, 1.54) is 0 Å². The van der Waals surface area contributed by atoms with Crippen LogP contribution in [0.3, 0.4) is 0 Å². The van der Waals surface area contributed by atoms with Crippen molar-refractivity contribution in [3.63, 3.8) is 0 Å². The molecule has 0 saturated heterocycles. The van der Waals surface area contributed by atoms with Crippen molar-refractivity contribution in [3.8, 4) is 5.75 Å². The van der Waals surface area contributed by atoms with E-state index >= 15 is 0 Å². The highest BCUT2D eigenvalue weighted by Gasteiger charge is 2.27. The zero-order valence-corrected chi connectivity index (χ0v) is 7.36. The molecule has 0 spiro atoms. The summed E-state index contributed by atoms with van der Waals surface area (Å²) >= 11 is 5.64. The SMILES string of the molecule is O=C1CCc2c(Cl)c(F)cc(O)c21. The van der Waals surface area contributed by atoms with Gasteiger partial charge in [-0.25, -0.2) is 4.39 Å². The van der Waals surface area contributed by atoms with Crippen molar-refractivity contribution in [1.82, 2.24) is 0 Å². The Morgan fingerprint density at radius 1 is 1.46 bits per heavy atom. The maximum Gasteiger partial charge on any atom is 0.167 e. The fourth-order valence-corrected chi connectivity index (χ4v) is 1.82. The van der Waals surface area contributed by atoms with Gasteiger partial charge < -0.3 is 5.11 Å². The van der Waals surface area contributed by atoms with Crippen molar-refractivity contribution in [2.24, 2.45) is 0 Å². The fourth-order valence-electron chi connectivity index (χ4n) is 1.57. The van der Waals surface area contributed by atoms with Crippen LogP contribution in [0.5, 0.6) is 5.75 Å². The highest BCUT2D eigenvalue weighted by atomic mass is 35.5. The molecule has 0 heterocycles. The number of Topliss-reactive ketones (excluding diaryl/α,β-unsaturated/α-hetero) is 1. The van der Waals surface area contributed by atoms with Gasteiger partial charge in [-0.1, -0.05) is 11.6 Å². The minimum absolute atomic E-state index is 0.0429. The van der Waals surface area contributed by atoms with E-state index in [-0.39, 0.29) is 22.1 Å². The van der Waals surface area contributed by atoms with E-state index in [1.54, 1.807) is 0 Å². The number of carbonyl (C=O) groups excluding carboxylic acids is 1. The maximum atomic E-state index is 13.0. The summed E-state index contributed by atoms with van der Waals surface area (Å²) in [5.41, 5.74) is 0.621. The Labute approximate surface area is 78.9 Å². The normalized spacial score (nSPS) is 14.8. The van der Waals surface area contributed by atoms with Gasteiger partial charge in [-0.3, -0.25) is 4.79 Å². The van der Waals surface area contributed by atoms with Crippen LogP contribution in [-0.4, -0.2) is 10.9 Å². The minimum Gasteiger partial charge on any atom is -0.507 e. The van der Waals surface area contributed by atoms with E-state index in [2.05, 4.69) is 0 Å². The first-order valence-electron chi connectivity index (χ1n) is 3.84. The van der Waals surface area contributed by atoms with E-state index in [0.717, 1.165) is 6.07 Å². The van der Waals surface area contributed by atoms with Crippen LogP contribution in [0.15, 0.2) is 6.07 Å². The van der Waals surface area contributed by atoms with Crippen LogP contribution in [0.2, 0.25) is 5.02 Å². The standard InChI is InChI=1S/C9H6ClFO2/c10-9-4-1-2-6(12)8(4)7(13)3-5(9)11/h3,13H,1-2H2. The van der Waals surface area contributed by atoms with E-state index in [4.69, 9.17) is 11.6 Å². The number of halogens is 2. The molecule has 0 saturated carbocycles. The Hall–Kier alpha value is -1.09. The number of aromatic hydroxyl groups is 1. The summed E-state index contributed by atoms with van der Waals surface area (Å²) < 4.78 is 13.0. The molecule has 1 N–H and O–H groups in total. The molecule has 4 heteroatoms. The summed E-state index contributed by atoms with van der Waals surface area (Å²) in [4.78, 5) is 11.2. The Bertz CT molecular complexity index is 401. The molecule has 0 radical (unpaired) electrons. The second kappa shape index (κ2) is 2.70. The first-order valence-corrected chi connectivity index (χ1v) is 4.22. The lowest BCUT2D eigenvalue weighted by Crippen LogP contribution is -1.94. The molecular formula is C9H6ClFO2. The predicted octanol–water partition coefficient (Wildman–Crippen LogP) is 2.31. The summed E-state index contributed by atoms with van der Waals surface area (Å²) in [5.74, 6) is -1.15. The van der Waals surface area contributed by atoms with Gasteiger partial charge in [0.15, 0.2) is 5.78 Å². The fraction of sp³-hybridized carbons (Fsp3) is 0.222. The average Bonchev–Trinajstić information content (AvgIpc) is 2.44. The number of phenolic OH excluding ortho intramolecular Hbond substituents is 1. The molecule has 0 amide bonds. The van der Waals surface area contributed by atoms with Crippen molar-refractivity contribution >= 4 is 17.4 Å². The lowest BCUT2D eigenvalue weighted by atomic mass is 10.1. The van der Waals surface area contributed by atoms with Crippen LogP contribution in [0.4, 0.5) is 4.39 Å². The lowest BCUT2D eigenvalue weighted by Gasteiger charge is -2.04. The van der Waals surface area contributed by atoms with Crippen LogP contribution >= 0.6 is 11.6 Å². The van der Waals surface area contributed by atoms with Crippen molar-refractivity contribution in [1.29, 1.82) is 0 Å². The number of rotatable bonds is 0. The van der Waals surface area contributed by atoms with E-state index in [0.29, 0.717) is 18.4 Å². The first kappa shape index (κ1) is 8.51. The minimum atomic E-state index is -0.674. The molecular weight excluding hydrogens is 195 g/mol. The monoisotopic (exact) mass is 200 g/mol. The van der Waals surface area contributed by atoms with Gasteiger partial charge in [-0.05, 0) is 12.0 Å². The van der Waals surface area contributed by atoms with Crippen LogP contribution in [0.1, 0.15) is 22.3 Å². The lowest BCUT2D eigenvalue weighted by molar-refractivity contribution is 0.0992. The zero-order chi connectivity index (χ0) is 9.59. The van der Waals surface area contributed by atoms with Crippen molar-refractivity contribution in [2.75, 3.05) is 0 Å². The van der Waals surface area contributed by atoms with E-state index in [9.17, 15) is 14.3 Å². The maximum absolute atomic E-state index is 13.0. The van der Waals surface area contributed by atoms with Crippen LogP contribution in [-0.2, 0) is 6.42 Å². The smallest absolute Gasteiger partial charge is 0.167 e. The van der Waals surface area contributed by atoms with Gasteiger partial charge >= 0.3 is 0 Å². The first-order chi connectivity index (χ1) is 6.11. The largest absolute Gasteiger partial charge is 0.507 e. The molecule has 2 rings (SSSR count). The number of benzene rings is 1. The quantitative estimate of drug-likeness (QED) is 0.698. The van der Waals surface area contributed by atoms with Gasteiger partial charge in [0.25, 0.3) is 0 Å². The average molecular weight is 201 g/mol. The Kier molecular flexibility index (Phi) is 1.77. The summed E-state index contributed by atoms with van der Waals surface area (Å²) in [6.45, 7) is 0. The van der Waals surface area contributed by atoms with Crippen LogP contribution < -0.4 is 0 Å². The van der Waals surface area contributed by atoms with Crippen LogP contribution in [0.25, 0.3) is 0 Å². The number of phenols is 1. The molecule has 0 aromatic heterocycles. The van der Waals surface area contributed by atoms with Gasteiger partial charge in [-0.15, -0.1) is 0 Å². The number of carbonyl (C=O) groups is 1. The van der Waals surface area contributed by atoms with Crippen molar-refractivity contribution in [3.05, 3.63) is 28.0 Å². The number of hydrogen-bond donors (Lipinski definition) is 1. The Morgan fingerprint density at radius 2 is 2.15 bits per heavy atom. The van der Waals surface area contributed by atoms with E-state index < -0.39 is 5.82 Å². The third kappa shape index (κ3) is 1.11. The van der Waals surface area contributed by atoms with Gasteiger partial charge in [0, 0.05) is 12.5 Å². The van der Waals surface area contributed by atoms with Gasteiger partial charge in [0.2, 0.25) is 0 Å². The molecule has 1 aliphatic rings. The molecule has 1 aromatic rings. The molecule has 1 aliphatic carbocycles.